The lowest BCUT2D eigenvalue weighted by Crippen LogP contribution is -2.34. The second-order valence-corrected chi connectivity index (χ2v) is 12.3. The van der Waals surface area contributed by atoms with E-state index in [4.69, 9.17) is 34.8 Å². The summed E-state index contributed by atoms with van der Waals surface area (Å²) in [5, 5.41) is 31.1. The van der Waals surface area contributed by atoms with Crippen LogP contribution < -0.4 is 10.6 Å². The molecule has 2 N–H and O–H groups in total. The molecule has 43 heavy (non-hydrogen) atoms. The maximum Gasteiger partial charge on any atom is 0.141 e. The van der Waals surface area contributed by atoms with E-state index in [-0.39, 0.29) is 16.6 Å². The van der Waals surface area contributed by atoms with E-state index >= 15 is 0 Å². The molecule has 6 rings (SSSR count). The molecule has 0 saturated carbocycles. The number of anilines is 3. The van der Waals surface area contributed by atoms with Gasteiger partial charge in [-0.25, -0.2) is 9.07 Å². The summed E-state index contributed by atoms with van der Waals surface area (Å²) in [7, 11) is 0. The Morgan fingerprint density at radius 3 is 2.58 bits per heavy atom. The Hall–Kier alpha value is -3.46. The number of rotatable bonds is 8. The van der Waals surface area contributed by atoms with E-state index in [1.54, 1.807) is 12.1 Å². The van der Waals surface area contributed by atoms with Gasteiger partial charge in [-0.15, -0.1) is 5.10 Å². The fraction of sp³-hybridized carbons (Fsp3) is 0.267. The van der Waals surface area contributed by atoms with E-state index in [1.807, 2.05) is 27.7 Å². The number of halogens is 4. The number of aromatic nitrogens is 4. The number of pyridine rings is 1. The van der Waals surface area contributed by atoms with Gasteiger partial charge in [-0.2, -0.15) is 16.6 Å². The zero-order valence-corrected chi connectivity index (χ0v) is 26.1. The van der Waals surface area contributed by atoms with Crippen molar-refractivity contribution in [2.45, 2.75) is 31.8 Å². The first-order valence-electron chi connectivity index (χ1n) is 13.7. The van der Waals surface area contributed by atoms with Crippen LogP contribution in [0.1, 0.15) is 48.7 Å². The van der Waals surface area contributed by atoms with E-state index < -0.39 is 11.9 Å². The van der Waals surface area contributed by atoms with Gasteiger partial charge in [-0.3, -0.25) is 4.98 Å². The van der Waals surface area contributed by atoms with Gasteiger partial charge in [0.1, 0.15) is 17.6 Å². The van der Waals surface area contributed by atoms with Crippen molar-refractivity contribution in [3.63, 3.8) is 0 Å². The summed E-state index contributed by atoms with van der Waals surface area (Å²) in [5.41, 5.74) is 4.00. The lowest BCUT2D eigenvalue weighted by atomic mass is 10.0. The molecular weight excluding hydrogens is 630 g/mol. The number of nitrogens with one attached hydrogen (secondary N) is 2. The van der Waals surface area contributed by atoms with Gasteiger partial charge in [0.25, 0.3) is 0 Å². The second-order valence-electron chi connectivity index (χ2n) is 10.3. The Kier molecular flexibility index (Phi) is 8.71. The predicted molar refractivity (Wildman–Crippen MR) is 171 cm³/mol. The number of thiophene rings is 1. The van der Waals surface area contributed by atoms with Gasteiger partial charge in [-0.1, -0.05) is 46.9 Å². The Morgan fingerprint density at radius 2 is 1.88 bits per heavy atom. The molecule has 5 aromatic rings. The van der Waals surface area contributed by atoms with Crippen LogP contribution in [0, 0.1) is 17.1 Å². The average molecular weight is 656 g/mol. The summed E-state index contributed by atoms with van der Waals surface area (Å²) < 4.78 is 15.8. The highest BCUT2D eigenvalue weighted by molar-refractivity contribution is 7.08. The summed E-state index contributed by atoms with van der Waals surface area (Å²) in [5.74, 6) is -0.539. The van der Waals surface area contributed by atoms with Crippen LogP contribution in [0.15, 0.2) is 53.5 Å². The Labute approximate surface area is 267 Å². The van der Waals surface area contributed by atoms with E-state index in [9.17, 15) is 9.65 Å². The minimum Gasteiger partial charge on any atom is -0.373 e. The maximum absolute atomic E-state index is 13.8. The smallest absolute Gasteiger partial charge is 0.141 e. The third kappa shape index (κ3) is 6.14. The molecule has 220 valence electrons. The van der Waals surface area contributed by atoms with Crippen LogP contribution in [-0.2, 0) is 0 Å². The number of nitrogens with zero attached hydrogens (tertiary/aromatic N) is 6. The number of hydrogen-bond donors (Lipinski definition) is 2. The number of fused-ring (bicyclic) bond motifs is 1. The monoisotopic (exact) mass is 654 g/mol. The summed E-state index contributed by atoms with van der Waals surface area (Å²) in [6, 6.07) is 9.93. The number of piperidine rings is 1. The normalized spacial score (nSPS) is 15.0. The Bertz CT molecular complexity index is 1830. The van der Waals surface area contributed by atoms with Crippen molar-refractivity contribution in [2.24, 2.45) is 0 Å². The lowest BCUT2D eigenvalue weighted by molar-refractivity contribution is 0.186. The van der Waals surface area contributed by atoms with Gasteiger partial charge < -0.3 is 15.5 Å². The number of hydrogen-bond acceptors (Lipinski definition) is 8. The molecule has 0 spiro atoms. The first-order valence-corrected chi connectivity index (χ1v) is 15.8. The molecule has 1 saturated heterocycles. The molecule has 0 radical (unpaired) electrons. The molecule has 13 heteroatoms. The molecule has 4 heterocycles. The van der Waals surface area contributed by atoms with Crippen LogP contribution in [0.4, 0.5) is 21.5 Å². The average Bonchev–Trinajstić information content (AvgIpc) is 3.68. The molecule has 0 aliphatic carbocycles. The first-order chi connectivity index (χ1) is 20.8. The van der Waals surface area contributed by atoms with Crippen molar-refractivity contribution in [1.29, 1.82) is 5.26 Å². The highest BCUT2D eigenvalue weighted by Gasteiger charge is 2.26. The van der Waals surface area contributed by atoms with Crippen LogP contribution in [0.3, 0.4) is 0 Å². The van der Waals surface area contributed by atoms with Crippen molar-refractivity contribution in [2.75, 3.05) is 30.3 Å². The topological polar surface area (TPSA) is 94.7 Å². The van der Waals surface area contributed by atoms with E-state index in [2.05, 4.69) is 43.8 Å². The fourth-order valence-corrected chi connectivity index (χ4v) is 6.92. The van der Waals surface area contributed by atoms with Crippen molar-refractivity contribution in [3.8, 4) is 6.07 Å². The molecule has 1 fully saturated rings. The summed E-state index contributed by atoms with van der Waals surface area (Å²) in [6.07, 6.45) is 5.46. The van der Waals surface area contributed by atoms with Crippen LogP contribution in [0.5, 0.6) is 0 Å². The van der Waals surface area contributed by atoms with E-state index in [1.165, 1.54) is 29.7 Å². The van der Waals surface area contributed by atoms with Crippen LogP contribution in [0.25, 0.3) is 10.9 Å². The zero-order chi connectivity index (χ0) is 30.1. The highest BCUT2D eigenvalue weighted by atomic mass is 35.5. The van der Waals surface area contributed by atoms with Gasteiger partial charge in [0.2, 0.25) is 0 Å². The molecule has 0 bridgehead atoms. The molecule has 1 atom stereocenters. The van der Waals surface area contributed by atoms with Crippen molar-refractivity contribution >= 4 is 74.1 Å². The van der Waals surface area contributed by atoms with Gasteiger partial charge in [0.05, 0.1) is 50.1 Å². The maximum atomic E-state index is 13.8. The minimum absolute atomic E-state index is 0.0401. The van der Waals surface area contributed by atoms with E-state index in [0.717, 1.165) is 43.7 Å². The van der Waals surface area contributed by atoms with Crippen molar-refractivity contribution in [1.82, 2.24) is 24.9 Å². The lowest BCUT2D eigenvalue weighted by Gasteiger charge is -2.30. The standard InChI is InChI=1S/C30H26Cl3FN8S/c1-2-41-7-5-20(6-8-41)42-14-27(39-40-42)30(22-15-43-16-25(22)33)38-19-9-21-28(37-18-3-4-26(34)23(31)10-18)17(12-35)13-36-29(21)24(32)11-19/h3-4,9-11,13-16,20,30,38H,2,5-8H2,1H3,(H,36,37)/t30-/m0/s1. The highest BCUT2D eigenvalue weighted by Crippen LogP contribution is 2.39. The van der Waals surface area contributed by atoms with E-state index in [0.29, 0.717) is 38.0 Å². The summed E-state index contributed by atoms with van der Waals surface area (Å²) >= 11 is 20.9. The third-order valence-corrected chi connectivity index (χ3v) is 9.50. The molecule has 0 amide bonds. The fourth-order valence-electron chi connectivity index (χ4n) is 5.36. The molecule has 8 nitrogen and oxygen atoms in total. The molecule has 1 aliphatic rings. The first kappa shape index (κ1) is 29.6. The largest absolute Gasteiger partial charge is 0.373 e. The molecule has 2 aromatic carbocycles. The second kappa shape index (κ2) is 12.6. The SMILES string of the molecule is CCN1CCC(n2cc([C@@H](Nc3cc(Cl)c4ncc(C#N)c(Nc5ccc(F)c(Cl)c5)c4c3)c3cscc3Cl)nn2)CC1. The Morgan fingerprint density at radius 1 is 1.09 bits per heavy atom. The molecule has 3 aromatic heterocycles. The van der Waals surface area contributed by atoms with Gasteiger partial charge in [-0.05, 0) is 55.1 Å². The number of nitriles is 1. The van der Waals surface area contributed by atoms with Crippen LogP contribution in [0.2, 0.25) is 15.1 Å². The quantitative estimate of drug-likeness (QED) is 0.173. The van der Waals surface area contributed by atoms with Gasteiger partial charge >= 0.3 is 0 Å². The van der Waals surface area contributed by atoms with Gasteiger partial charge in [0.15, 0.2) is 0 Å². The van der Waals surface area contributed by atoms with Crippen molar-refractivity contribution in [3.05, 3.63) is 91.2 Å². The summed E-state index contributed by atoms with van der Waals surface area (Å²) in [6.45, 7) is 5.29. The molecule has 0 unspecified atom stereocenters. The summed E-state index contributed by atoms with van der Waals surface area (Å²) in [4.78, 5) is 6.88. The van der Waals surface area contributed by atoms with Crippen molar-refractivity contribution < 1.29 is 4.39 Å². The predicted octanol–water partition coefficient (Wildman–Crippen LogP) is 8.46. The molecule has 1 aliphatic heterocycles. The Balaban J connectivity index is 1.38. The third-order valence-electron chi connectivity index (χ3n) is 7.70. The van der Waals surface area contributed by atoms with Gasteiger partial charge in [0, 0.05) is 47.0 Å². The minimum atomic E-state index is -0.539. The zero-order valence-electron chi connectivity index (χ0n) is 23.0. The molecular formula is C30H26Cl3FN8S. The van der Waals surface area contributed by atoms with Crippen LogP contribution >= 0.6 is 46.1 Å². The van der Waals surface area contributed by atoms with Crippen LogP contribution in [-0.4, -0.2) is 44.5 Å². The number of likely N-dealkylation sites (tertiary alicyclic amines) is 1. The number of benzene rings is 2.